The Kier molecular flexibility index (Phi) is 3.63. The van der Waals surface area contributed by atoms with E-state index in [0.29, 0.717) is 17.0 Å². The quantitative estimate of drug-likeness (QED) is 0.694. The van der Waals surface area contributed by atoms with Crippen molar-refractivity contribution in [1.82, 2.24) is 0 Å². The Bertz CT molecular complexity index is 386. The average Bonchev–Trinajstić information content (AvgIpc) is 2.17. The molecule has 0 radical (unpaired) electrons. The van der Waals surface area contributed by atoms with Gasteiger partial charge in [0.25, 0.3) is 0 Å². The van der Waals surface area contributed by atoms with Crippen LogP contribution in [-0.4, -0.2) is 0 Å². The van der Waals surface area contributed by atoms with Crippen LogP contribution in [0.2, 0.25) is 0 Å². The molecule has 0 heterocycles. The molecule has 0 spiro atoms. The van der Waals surface area contributed by atoms with Gasteiger partial charge in [-0.05, 0) is 30.9 Å². The van der Waals surface area contributed by atoms with E-state index in [1.165, 1.54) is 19.3 Å². The van der Waals surface area contributed by atoms with E-state index in [2.05, 4.69) is 15.9 Å². The van der Waals surface area contributed by atoms with Crippen LogP contribution in [-0.2, 0) is 0 Å². The summed E-state index contributed by atoms with van der Waals surface area (Å²) >= 11 is 3.51. The highest BCUT2D eigenvalue weighted by Gasteiger charge is 2.23. The van der Waals surface area contributed by atoms with Gasteiger partial charge in [-0.3, -0.25) is 0 Å². The Labute approximate surface area is 103 Å². The zero-order chi connectivity index (χ0) is 11.7. The Morgan fingerprint density at radius 2 is 2.00 bits per heavy atom. The van der Waals surface area contributed by atoms with Crippen molar-refractivity contribution in [2.45, 2.75) is 37.4 Å². The first kappa shape index (κ1) is 12.0. The van der Waals surface area contributed by atoms with E-state index in [1.54, 1.807) is 13.0 Å². The van der Waals surface area contributed by atoms with Crippen LogP contribution in [0, 0.1) is 24.5 Å². The van der Waals surface area contributed by atoms with E-state index in [-0.39, 0.29) is 4.83 Å². The second kappa shape index (κ2) is 4.82. The highest BCUT2D eigenvalue weighted by molar-refractivity contribution is 9.09. The van der Waals surface area contributed by atoms with Crippen molar-refractivity contribution in [2.75, 3.05) is 0 Å². The molecule has 1 aliphatic rings. The van der Waals surface area contributed by atoms with Gasteiger partial charge in [0, 0.05) is 16.5 Å². The molecule has 1 unspecified atom stereocenters. The highest BCUT2D eigenvalue weighted by Crippen LogP contribution is 2.39. The summed E-state index contributed by atoms with van der Waals surface area (Å²) in [6.45, 7) is 1.67. The lowest BCUT2D eigenvalue weighted by Gasteiger charge is -2.27. The standard InChI is InChI=1S/C13H15BrF2/c1-8-5-10(13(16)7-12(8)15)11(14)6-9-3-2-4-9/h5,7,9,11H,2-4,6H2,1H3. The SMILES string of the molecule is Cc1cc(C(Br)CC2CCC2)c(F)cc1F. The van der Waals surface area contributed by atoms with Gasteiger partial charge in [0.1, 0.15) is 11.6 Å². The molecule has 0 bridgehead atoms. The van der Waals surface area contributed by atoms with Crippen molar-refractivity contribution in [3.63, 3.8) is 0 Å². The van der Waals surface area contributed by atoms with Crippen LogP contribution in [0.15, 0.2) is 12.1 Å². The van der Waals surface area contributed by atoms with Crippen molar-refractivity contribution in [1.29, 1.82) is 0 Å². The topological polar surface area (TPSA) is 0 Å². The van der Waals surface area contributed by atoms with E-state index >= 15 is 0 Å². The lowest BCUT2D eigenvalue weighted by Crippen LogP contribution is -2.13. The second-order valence-electron chi connectivity index (χ2n) is 4.62. The summed E-state index contributed by atoms with van der Waals surface area (Å²) in [5, 5.41) is 0. The van der Waals surface area contributed by atoms with Crippen molar-refractivity contribution in [2.24, 2.45) is 5.92 Å². The summed E-state index contributed by atoms with van der Waals surface area (Å²) < 4.78 is 26.7. The summed E-state index contributed by atoms with van der Waals surface area (Å²) in [6, 6.07) is 2.60. The van der Waals surface area contributed by atoms with E-state index in [4.69, 9.17) is 0 Å². The first-order chi connectivity index (χ1) is 7.58. The Hall–Kier alpha value is -0.440. The van der Waals surface area contributed by atoms with Crippen molar-refractivity contribution < 1.29 is 8.78 Å². The average molecular weight is 289 g/mol. The molecule has 1 atom stereocenters. The predicted molar refractivity (Wildman–Crippen MR) is 64.7 cm³/mol. The summed E-state index contributed by atoms with van der Waals surface area (Å²) in [7, 11) is 0. The Balaban J connectivity index is 2.14. The van der Waals surface area contributed by atoms with Gasteiger partial charge in [-0.15, -0.1) is 0 Å². The minimum atomic E-state index is -0.468. The van der Waals surface area contributed by atoms with E-state index in [0.717, 1.165) is 12.5 Å². The minimum Gasteiger partial charge on any atom is -0.207 e. The molecule has 0 aromatic heterocycles. The van der Waals surface area contributed by atoms with Gasteiger partial charge in [0.2, 0.25) is 0 Å². The maximum absolute atomic E-state index is 13.6. The molecule has 1 saturated carbocycles. The number of halogens is 3. The highest BCUT2D eigenvalue weighted by atomic mass is 79.9. The van der Waals surface area contributed by atoms with Crippen LogP contribution in [0.4, 0.5) is 8.78 Å². The summed E-state index contributed by atoms with van der Waals surface area (Å²) in [6.07, 6.45) is 4.71. The van der Waals surface area contributed by atoms with Crippen LogP contribution in [0.5, 0.6) is 0 Å². The molecule has 0 saturated heterocycles. The van der Waals surface area contributed by atoms with Gasteiger partial charge < -0.3 is 0 Å². The fraction of sp³-hybridized carbons (Fsp3) is 0.538. The summed E-state index contributed by atoms with van der Waals surface area (Å²) in [4.78, 5) is 0.0112. The van der Waals surface area contributed by atoms with Crippen molar-refractivity contribution in [3.05, 3.63) is 34.9 Å². The normalized spacial score (nSPS) is 18.2. The zero-order valence-corrected chi connectivity index (χ0v) is 10.9. The molecule has 3 heteroatoms. The molecule has 1 aromatic carbocycles. The maximum Gasteiger partial charge on any atom is 0.130 e. The molecule has 88 valence electrons. The molecule has 1 aliphatic carbocycles. The van der Waals surface area contributed by atoms with E-state index < -0.39 is 11.6 Å². The molecular weight excluding hydrogens is 274 g/mol. The first-order valence-corrected chi connectivity index (χ1v) is 6.59. The number of hydrogen-bond acceptors (Lipinski definition) is 0. The third kappa shape index (κ3) is 2.45. The number of alkyl halides is 1. The largest absolute Gasteiger partial charge is 0.207 e. The van der Waals surface area contributed by atoms with Gasteiger partial charge >= 0.3 is 0 Å². The lowest BCUT2D eigenvalue weighted by atomic mass is 9.81. The van der Waals surface area contributed by atoms with Crippen LogP contribution in [0.1, 0.15) is 41.6 Å². The molecule has 16 heavy (non-hydrogen) atoms. The summed E-state index contributed by atoms with van der Waals surface area (Å²) in [5.41, 5.74) is 1.10. The molecule has 0 aliphatic heterocycles. The minimum absolute atomic E-state index is 0.0112. The van der Waals surface area contributed by atoms with Gasteiger partial charge in [-0.25, -0.2) is 8.78 Å². The number of benzene rings is 1. The fourth-order valence-electron chi connectivity index (χ4n) is 2.07. The first-order valence-electron chi connectivity index (χ1n) is 5.67. The van der Waals surface area contributed by atoms with Gasteiger partial charge in [-0.2, -0.15) is 0 Å². The summed E-state index contributed by atoms with van der Waals surface area (Å²) in [5.74, 6) is -0.206. The smallest absolute Gasteiger partial charge is 0.130 e. The van der Waals surface area contributed by atoms with Crippen LogP contribution in [0.25, 0.3) is 0 Å². The molecule has 1 aromatic rings. The van der Waals surface area contributed by atoms with Crippen LogP contribution in [0.3, 0.4) is 0 Å². The third-order valence-electron chi connectivity index (χ3n) is 3.38. The van der Waals surface area contributed by atoms with Crippen molar-refractivity contribution in [3.8, 4) is 0 Å². The number of hydrogen-bond donors (Lipinski definition) is 0. The number of rotatable bonds is 3. The molecular formula is C13H15BrF2. The second-order valence-corrected chi connectivity index (χ2v) is 5.73. The molecule has 0 N–H and O–H groups in total. The molecule has 2 rings (SSSR count). The van der Waals surface area contributed by atoms with Gasteiger partial charge in [0.05, 0.1) is 0 Å². The molecule has 0 nitrogen and oxygen atoms in total. The monoisotopic (exact) mass is 288 g/mol. The Morgan fingerprint density at radius 1 is 1.31 bits per heavy atom. The molecule has 1 fully saturated rings. The third-order valence-corrected chi connectivity index (χ3v) is 4.25. The molecule has 0 amide bonds. The van der Waals surface area contributed by atoms with Gasteiger partial charge in [0.15, 0.2) is 0 Å². The maximum atomic E-state index is 13.6. The van der Waals surface area contributed by atoms with Gasteiger partial charge in [-0.1, -0.05) is 35.2 Å². The lowest BCUT2D eigenvalue weighted by molar-refractivity contribution is 0.294. The Morgan fingerprint density at radius 3 is 2.56 bits per heavy atom. The van der Waals surface area contributed by atoms with Crippen LogP contribution >= 0.6 is 15.9 Å². The van der Waals surface area contributed by atoms with E-state index in [1.807, 2.05) is 0 Å². The van der Waals surface area contributed by atoms with E-state index in [9.17, 15) is 8.78 Å². The predicted octanol–water partition coefficient (Wildman–Crippen LogP) is 4.90. The van der Waals surface area contributed by atoms with Crippen LogP contribution < -0.4 is 0 Å². The number of aryl methyl sites for hydroxylation is 1. The fourth-order valence-corrected chi connectivity index (χ4v) is 2.95. The zero-order valence-electron chi connectivity index (χ0n) is 9.27. The van der Waals surface area contributed by atoms with Crippen molar-refractivity contribution >= 4 is 15.9 Å².